The molecule has 54 heavy (non-hydrogen) atoms. The molecule has 0 unspecified atom stereocenters. The van der Waals surface area contributed by atoms with Gasteiger partial charge in [0.2, 0.25) is 5.95 Å². The molecule has 1 saturated carbocycles. The number of halogens is 6. The highest BCUT2D eigenvalue weighted by atomic mass is 19.4. The molecule has 10 nitrogen and oxygen atoms in total. The Kier molecular flexibility index (Phi) is 11.3. The van der Waals surface area contributed by atoms with Crippen LogP contribution in [0.1, 0.15) is 61.3 Å². The van der Waals surface area contributed by atoms with Crippen LogP contribution in [0.5, 0.6) is 11.5 Å². The summed E-state index contributed by atoms with van der Waals surface area (Å²) < 4.78 is 94.7. The second-order valence-electron chi connectivity index (χ2n) is 13.9. The second kappa shape index (κ2) is 15.8. The predicted octanol–water partition coefficient (Wildman–Crippen LogP) is 8.21. The Morgan fingerprint density at radius 1 is 0.852 bits per heavy atom. The molecule has 0 bridgehead atoms. The Bertz CT molecular complexity index is 1910. The summed E-state index contributed by atoms with van der Waals surface area (Å²) in [6.07, 6.45) is -3.14. The van der Waals surface area contributed by atoms with Crippen molar-refractivity contribution in [2.24, 2.45) is 11.8 Å². The standard InChI is InChI=1S/C38H42F6N6O4/c1-4-9-49(20-23-5-6-23)34-27(14-26-15-32(53-2)33(54-3)17-31(26)47-34)22-50(21-24-12-28(37(39,40)41)16-29(13-24)38(42,43)44)36-45-18-30(19-46-36)48-10-7-25(8-11-48)35(51)52/h12-19,23,25H,4-11,20-22H2,1-3H3,(H,51,52). The summed E-state index contributed by atoms with van der Waals surface area (Å²) in [5.74, 6) is 0.817. The van der Waals surface area contributed by atoms with Gasteiger partial charge in [-0.15, -0.1) is 0 Å². The predicted molar refractivity (Wildman–Crippen MR) is 191 cm³/mol. The summed E-state index contributed by atoms with van der Waals surface area (Å²) in [6, 6.07) is 6.98. The molecule has 1 aliphatic heterocycles. The first-order chi connectivity index (χ1) is 25.7. The number of carboxylic acid groups (broad SMARTS) is 1. The summed E-state index contributed by atoms with van der Waals surface area (Å²) in [6.45, 7) is 3.96. The number of aromatic nitrogens is 3. The number of methoxy groups -OCH3 is 2. The van der Waals surface area contributed by atoms with Gasteiger partial charge in [0.15, 0.2) is 11.5 Å². The summed E-state index contributed by atoms with van der Waals surface area (Å²) in [4.78, 5) is 31.3. The van der Waals surface area contributed by atoms with Crippen molar-refractivity contribution < 1.29 is 45.7 Å². The highest BCUT2D eigenvalue weighted by molar-refractivity contribution is 5.85. The molecule has 6 rings (SSSR count). The lowest BCUT2D eigenvalue weighted by Gasteiger charge is -2.32. The average molecular weight is 761 g/mol. The zero-order chi connectivity index (χ0) is 38.8. The van der Waals surface area contributed by atoms with E-state index in [0.29, 0.717) is 77.9 Å². The molecule has 1 saturated heterocycles. The normalized spacial score (nSPS) is 15.4. The zero-order valence-electron chi connectivity index (χ0n) is 30.2. The number of carboxylic acids is 1. The molecule has 3 heterocycles. The molecule has 2 aromatic carbocycles. The number of rotatable bonds is 14. The first-order valence-corrected chi connectivity index (χ1v) is 17.8. The van der Waals surface area contributed by atoms with Crippen LogP contribution in [-0.2, 0) is 30.2 Å². The van der Waals surface area contributed by atoms with Gasteiger partial charge in [-0.25, -0.2) is 15.0 Å². The fraction of sp³-hybridized carbons (Fsp3) is 0.474. The average Bonchev–Trinajstić information content (AvgIpc) is 3.97. The van der Waals surface area contributed by atoms with Crippen LogP contribution in [0, 0.1) is 11.8 Å². The van der Waals surface area contributed by atoms with E-state index in [4.69, 9.17) is 14.5 Å². The van der Waals surface area contributed by atoms with Crippen molar-refractivity contribution in [3.05, 3.63) is 71.0 Å². The van der Waals surface area contributed by atoms with E-state index in [9.17, 15) is 36.2 Å². The van der Waals surface area contributed by atoms with E-state index in [1.54, 1.807) is 17.0 Å². The van der Waals surface area contributed by atoms with Crippen LogP contribution in [0.3, 0.4) is 0 Å². The van der Waals surface area contributed by atoms with E-state index >= 15 is 0 Å². The van der Waals surface area contributed by atoms with Gasteiger partial charge in [0.05, 0.1) is 54.9 Å². The maximum absolute atomic E-state index is 13.9. The van der Waals surface area contributed by atoms with Gasteiger partial charge in [-0.05, 0) is 73.9 Å². The zero-order valence-corrected chi connectivity index (χ0v) is 30.2. The molecular weight excluding hydrogens is 718 g/mol. The highest BCUT2D eigenvalue weighted by Crippen LogP contribution is 2.39. The molecule has 1 N–H and O–H groups in total. The van der Waals surface area contributed by atoms with E-state index in [1.165, 1.54) is 26.6 Å². The van der Waals surface area contributed by atoms with Gasteiger partial charge >= 0.3 is 18.3 Å². The fourth-order valence-electron chi connectivity index (χ4n) is 6.85. The van der Waals surface area contributed by atoms with E-state index in [1.807, 2.05) is 17.9 Å². The Balaban J connectivity index is 1.45. The van der Waals surface area contributed by atoms with Crippen LogP contribution in [0.2, 0.25) is 0 Å². The molecule has 1 aliphatic carbocycles. The van der Waals surface area contributed by atoms with Crippen LogP contribution in [0.4, 0.5) is 43.8 Å². The number of hydrogen-bond donors (Lipinski definition) is 1. The third-order valence-electron chi connectivity index (χ3n) is 9.84. The molecule has 0 radical (unpaired) electrons. The van der Waals surface area contributed by atoms with Gasteiger partial charge in [0.1, 0.15) is 5.82 Å². The minimum Gasteiger partial charge on any atom is -0.493 e. The van der Waals surface area contributed by atoms with Crippen LogP contribution in [0.25, 0.3) is 10.9 Å². The molecule has 0 atom stereocenters. The molecule has 2 fully saturated rings. The monoisotopic (exact) mass is 760 g/mol. The number of benzene rings is 2. The van der Waals surface area contributed by atoms with Crippen molar-refractivity contribution in [3.63, 3.8) is 0 Å². The highest BCUT2D eigenvalue weighted by Gasteiger charge is 2.37. The Morgan fingerprint density at radius 3 is 2.00 bits per heavy atom. The van der Waals surface area contributed by atoms with Gasteiger partial charge in [0, 0.05) is 56.3 Å². The fourth-order valence-corrected chi connectivity index (χ4v) is 6.85. The van der Waals surface area contributed by atoms with Crippen molar-refractivity contribution in [2.45, 2.75) is 64.5 Å². The maximum Gasteiger partial charge on any atom is 0.416 e. The van der Waals surface area contributed by atoms with E-state index in [-0.39, 0.29) is 24.1 Å². The largest absolute Gasteiger partial charge is 0.493 e. The molecule has 16 heteroatoms. The second-order valence-corrected chi connectivity index (χ2v) is 13.9. The third-order valence-corrected chi connectivity index (χ3v) is 9.84. The van der Waals surface area contributed by atoms with Crippen LogP contribution < -0.4 is 24.2 Å². The van der Waals surface area contributed by atoms with Crippen LogP contribution >= 0.6 is 0 Å². The summed E-state index contributed by atoms with van der Waals surface area (Å²) in [5.41, 5.74) is -1.16. The molecule has 0 spiro atoms. The first kappa shape index (κ1) is 38.7. The minimum atomic E-state index is -5.02. The van der Waals surface area contributed by atoms with Crippen LogP contribution in [-0.4, -0.2) is 66.4 Å². The van der Waals surface area contributed by atoms with E-state index in [0.717, 1.165) is 37.9 Å². The molecular formula is C38H42F6N6O4. The molecule has 0 amide bonds. The van der Waals surface area contributed by atoms with Crippen LogP contribution in [0.15, 0.2) is 48.8 Å². The Morgan fingerprint density at radius 2 is 1.46 bits per heavy atom. The lowest BCUT2D eigenvalue weighted by Crippen LogP contribution is -2.36. The van der Waals surface area contributed by atoms with Crippen molar-refractivity contribution in [1.82, 2.24) is 15.0 Å². The quantitative estimate of drug-likeness (QED) is 0.127. The van der Waals surface area contributed by atoms with Gasteiger partial charge in [-0.1, -0.05) is 6.92 Å². The third kappa shape index (κ3) is 9.01. The summed E-state index contributed by atoms with van der Waals surface area (Å²) in [5, 5.41) is 10.1. The summed E-state index contributed by atoms with van der Waals surface area (Å²) >= 11 is 0. The van der Waals surface area contributed by atoms with Crippen molar-refractivity contribution >= 4 is 34.3 Å². The van der Waals surface area contributed by atoms with E-state index < -0.39 is 41.9 Å². The van der Waals surface area contributed by atoms with Gasteiger partial charge < -0.3 is 29.3 Å². The number of hydrogen-bond acceptors (Lipinski definition) is 9. The number of piperidine rings is 1. The Labute approximate surface area is 308 Å². The Hall–Kier alpha value is -5.02. The lowest BCUT2D eigenvalue weighted by molar-refractivity contribution is -0.144. The molecule has 290 valence electrons. The number of nitrogens with zero attached hydrogens (tertiary/aromatic N) is 6. The SMILES string of the molecule is CCCN(CC1CC1)c1nc2cc(OC)c(OC)cc2cc1CN(Cc1cc(C(F)(F)F)cc(C(F)(F)F)c1)c1ncc(N2CCC(C(=O)O)CC2)cn1. The minimum absolute atomic E-state index is 0.0154. The number of fused-ring (bicyclic) bond motifs is 1. The van der Waals surface area contributed by atoms with Crippen molar-refractivity contribution in [2.75, 3.05) is 55.1 Å². The molecule has 2 aromatic heterocycles. The van der Waals surface area contributed by atoms with Crippen molar-refractivity contribution in [1.29, 1.82) is 0 Å². The van der Waals surface area contributed by atoms with E-state index in [2.05, 4.69) is 14.9 Å². The lowest BCUT2D eigenvalue weighted by atomic mass is 9.97. The molecule has 2 aliphatic rings. The number of pyridine rings is 1. The van der Waals surface area contributed by atoms with Gasteiger partial charge in [-0.3, -0.25) is 4.79 Å². The van der Waals surface area contributed by atoms with Gasteiger partial charge in [0.25, 0.3) is 0 Å². The van der Waals surface area contributed by atoms with Gasteiger partial charge in [-0.2, -0.15) is 26.3 Å². The molecule has 4 aromatic rings. The smallest absolute Gasteiger partial charge is 0.416 e. The number of carbonyl (C=O) groups is 1. The number of alkyl halides is 6. The topological polar surface area (TPSA) is 104 Å². The first-order valence-electron chi connectivity index (χ1n) is 17.8. The maximum atomic E-state index is 13.9. The summed E-state index contributed by atoms with van der Waals surface area (Å²) in [7, 11) is 3.03. The number of ether oxygens (including phenoxy) is 2. The number of anilines is 3. The number of aliphatic carboxylic acids is 1. The van der Waals surface area contributed by atoms with Crippen molar-refractivity contribution in [3.8, 4) is 11.5 Å².